The highest BCUT2D eigenvalue weighted by Crippen LogP contribution is 2.26. The molecule has 0 radical (unpaired) electrons. The number of anilines is 1. The van der Waals surface area contributed by atoms with E-state index in [0.717, 1.165) is 48.7 Å². The molecule has 1 aromatic carbocycles. The second-order valence-corrected chi connectivity index (χ2v) is 7.65. The minimum absolute atomic E-state index is 0.121. The summed E-state index contributed by atoms with van der Waals surface area (Å²) in [7, 11) is 2.05. The van der Waals surface area contributed by atoms with Crippen LogP contribution in [0.1, 0.15) is 25.1 Å². The Morgan fingerprint density at radius 1 is 1.14 bits per heavy atom. The molecule has 3 heterocycles. The molecule has 0 bridgehead atoms. The van der Waals surface area contributed by atoms with Gasteiger partial charge in [0, 0.05) is 50.7 Å². The van der Waals surface area contributed by atoms with Gasteiger partial charge in [-0.25, -0.2) is 4.98 Å². The minimum atomic E-state index is 0.121. The van der Waals surface area contributed by atoms with Gasteiger partial charge in [-0.1, -0.05) is 24.3 Å². The number of hydrogen-bond acceptors (Lipinski definition) is 5. The molecule has 1 aliphatic heterocycles. The lowest BCUT2D eigenvalue weighted by Crippen LogP contribution is -2.49. The zero-order chi connectivity index (χ0) is 20.2. The average molecular weight is 393 g/mol. The quantitative estimate of drug-likeness (QED) is 0.642. The van der Waals surface area contributed by atoms with E-state index in [-0.39, 0.29) is 11.9 Å². The molecule has 1 fully saturated rings. The van der Waals surface area contributed by atoms with E-state index in [2.05, 4.69) is 33.8 Å². The first-order valence-corrected chi connectivity index (χ1v) is 10.2. The number of pyridine rings is 1. The summed E-state index contributed by atoms with van der Waals surface area (Å²) in [4.78, 5) is 23.5. The number of nitrogens with zero attached hydrogens (tertiary/aromatic N) is 4. The summed E-state index contributed by atoms with van der Waals surface area (Å²) in [6.45, 7) is 5.98. The SMILES string of the molecule is CC(c1cc2ccccc2o1)N(C)CCC(=O)N1CCN(c2ccccn2)CC1. The van der Waals surface area contributed by atoms with E-state index in [1.807, 2.05) is 54.5 Å². The van der Waals surface area contributed by atoms with Crippen LogP contribution in [-0.2, 0) is 4.79 Å². The summed E-state index contributed by atoms with van der Waals surface area (Å²) in [6, 6.07) is 16.2. The molecule has 1 unspecified atom stereocenters. The lowest BCUT2D eigenvalue weighted by Gasteiger charge is -2.35. The largest absolute Gasteiger partial charge is 0.459 e. The van der Waals surface area contributed by atoms with Crippen LogP contribution >= 0.6 is 0 Å². The number of hydrogen-bond donors (Lipinski definition) is 0. The van der Waals surface area contributed by atoms with Crippen LogP contribution in [0.4, 0.5) is 5.82 Å². The lowest BCUT2D eigenvalue weighted by atomic mass is 10.2. The molecule has 0 spiro atoms. The second kappa shape index (κ2) is 8.66. The van der Waals surface area contributed by atoms with Gasteiger partial charge in [-0.2, -0.15) is 0 Å². The van der Waals surface area contributed by atoms with Crippen molar-refractivity contribution in [3.63, 3.8) is 0 Å². The van der Waals surface area contributed by atoms with Crippen LogP contribution in [0.3, 0.4) is 0 Å². The zero-order valence-electron chi connectivity index (χ0n) is 17.1. The van der Waals surface area contributed by atoms with Crippen LogP contribution < -0.4 is 4.90 Å². The van der Waals surface area contributed by atoms with E-state index in [9.17, 15) is 4.79 Å². The summed E-state index contributed by atoms with van der Waals surface area (Å²) in [5.74, 6) is 2.14. The van der Waals surface area contributed by atoms with Crippen molar-refractivity contribution in [2.75, 3.05) is 44.7 Å². The molecule has 29 heavy (non-hydrogen) atoms. The van der Waals surface area contributed by atoms with Crippen LogP contribution in [0.2, 0.25) is 0 Å². The predicted octanol–water partition coefficient (Wildman–Crippen LogP) is 3.56. The Balaban J connectivity index is 1.27. The Morgan fingerprint density at radius 2 is 1.90 bits per heavy atom. The maximum atomic E-state index is 12.7. The molecule has 1 saturated heterocycles. The molecule has 1 amide bonds. The van der Waals surface area contributed by atoms with Crippen molar-refractivity contribution >= 4 is 22.7 Å². The molecule has 3 aromatic rings. The average Bonchev–Trinajstić information content (AvgIpc) is 3.21. The van der Waals surface area contributed by atoms with Crippen LogP contribution in [0.15, 0.2) is 59.1 Å². The van der Waals surface area contributed by atoms with E-state index >= 15 is 0 Å². The second-order valence-electron chi connectivity index (χ2n) is 7.65. The maximum absolute atomic E-state index is 12.7. The van der Waals surface area contributed by atoms with Crippen molar-refractivity contribution in [1.82, 2.24) is 14.8 Å². The van der Waals surface area contributed by atoms with Crippen LogP contribution in [0, 0.1) is 0 Å². The van der Waals surface area contributed by atoms with Gasteiger partial charge in [0.2, 0.25) is 5.91 Å². The molecule has 6 heteroatoms. The number of furan rings is 1. The highest BCUT2D eigenvalue weighted by atomic mass is 16.3. The smallest absolute Gasteiger partial charge is 0.223 e. The number of aromatic nitrogens is 1. The first kappa shape index (κ1) is 19.5. The van der Waals surface area contributed by atoms with Gasteiger partial charge < -0.3 is 14.2 Å². The number of benzene rings is 1. The van der Waals surface area contributed by atoms with E-state index in [1.165, 1.54) is 0 Å². The van der Waals surface area contributed by atoms with Gasteiger partial charge in [0.1, 0.15) is 17.2 Å². The topological polar surface area (TPSA) is 52.8 Å². The normalized spacial score (nSPS) is 15.8. The van der Waals surface area contributed by atoms with E-state index < -0.39 is 0 Å². The van der Waals surface area contributed by atoms with Crippen LogP contribution in [0.5, 0.6) is 0 Å². The Kier molecular flexibility index (Phi) is 5.81. The fourth-order valence-corrected chi connectivity index (χ4v) is 3.78. The zero-order valence-corrected chi connectivity index (χ0v) is 17.1. The number of carbonyl (C=O) groups excluding carboxylic acids is 1. The van der Waals surface area contributed by atoms with Crippen LogP contribution in [-0.4, -0.2) is 60.5 Å². The molecule has 0 N–H and O–H groups in total. The van der Waals surface area contributed by atoms with E-state index in [1.54, 1.807) is 0 Å². The van der Waals surface area contributed by atoms with Crippen molar-refractivity contribution < 1.29 is 9.21 Å². The van der Waals surface area contributed by atoms with Crippen molar-refractivity contribution in [3.8, 4) is 0 Å². The van der Waals surface area contributed by atoms with Crippen molar-refractivity contribution in [1.29, 1.82) is 0 Å². The number of rotatable bonds is 6. The Morgan fingerprint density at radius 3 is 2.62 bits per heavy atom. The van der Waals surface area contributed by atoms with Crippen molar-refractivity contribution in [3.05, 3.63) is 60.5 Å². The first-order chi connectivity index (χ1) is 14.1. The summed E-state index contributed by atoms with van der Waals surface area (Å²) in [6.07, 6.45) is 2.33. The fraction of sp³-hybridized carbons (Fsp3) is 0.391. The number of amides is 1. The summed E-state index contributed by atoms with van der Waals surface area (Å²) >= 11 is 0. The van der Waals surface area contributed by atoms with Gasteiger partial charge in [-0.15, -0.1) is 0 Å². The van der Waals surface area contributed by atoms with E-state index in [0.29, 0.717) is 13.0 Å². The highest BCUT2D eigenvalue weighted by Gasteiger charge is 2.23. The Hall–Kier alpha value is -2.86. The molecule has 4 rings (SSSR count). The van der Waals surface area contributed by atoms with Crippen molar-refractivity contribution in [2.45, 2.75) is 19.4 Å². The van der Waals surface area contributed by atoms with E-state index in [4.69, 9.17) is 4.42 Å². The molecule has 6 nitrogen and oxygen atoms in total. The van der Waals surface area contributed by atoms with Crippen LogP contribution in [0.25, 0.3) is 11.0 Å². The van der Waals surface area contributed by atoms with Gasteiger partial charge in [0.05, 0.1) is 6.04 Å². The standard InChI is InChI=1S/C23H28N4O2/c1-18(21-17-19-7-3-4-8-20(19)29-21)25(2)12-10-23(28)27-15-13-26(14-16-27)22-9-5-6-11-24-22/h3-9,11,17-18H,10,12-16H2,1-2H3. The minimum Gasteiger partial charge on any atom is -0.459 e. The third-order valence-corrected chi connectivity index (χ3v) is 5.80. The molecular formula is C23H28N4O2. The van der Waals surface area contributed by atoms with Crippen molar-refractivity contribution in [2.24, 2.45) is 0 Å². The first-order valence-electron chi connectivity index (χ1n) is 10.2. The summed E-state index contributed by atoms with van der Waals surface area (Å²) < 4.78 is 5.98. The molecule has 1 atom stereocenters. The maximum Gasteiger partial charge on any atom is 0.223 e. The molecule has 0 saturated carbocycles. The monoisotopic (exact) mass is 392 g/mol. The Bertz CT molecular complexity index is 915. The predicted molar refractivity (Wildman–Crippen MR) is 115 cm³/mol. The van der Waals surface area contributed by atoms with Gasteiger partial charge in [0.15, 0.2) is 0 Å². The molecule has 2 aromatic heterocycles. The Labute approximate surface area is 171 Å². The number of para-hydroxylation sites is 1. The highest BCUT2D eigenvalue weighted by molar-refractivity contribution is 5.78. The van der Waals surface area contributed by atoms with Gasteiger partial charge in [0.25, 0.3) is 0 Å². The molecule has 1 aliphatic rings. The van der Waals surface area contributed by atoms with Gasteiger partial charge in [-0.3, -0.25) is 9.69 Å². The lowest BCUT2D eigenvalue weighted by molar-refractivity contribution is -0.131. The summed E-state index contributed by atoms with van der Waals surface area (Å²) in [5, 5.41) is 1.12. The molecule has 152 valence electrons. The number of piperazine rings is 1. The fourth-order valence-electron chi connectivity index (χ4n) is 3.78. The third-order valence-electron chi connectivity index (χ3n) is 5.80. The van der Waals surface area contributed by atoms with Gasteiger partial charge in [-0.05, 0) is 38.2 Å². The number of carbonyl (C=O) groups is 1. The summed E-state index contributed by atoms with van der Waals surface area (Å²) in [5.41, 5.74) is 0.907. The number of fused-ring (bicyclic) bond motifs is 1. The molecule has 0 aliphatic carbocycles. The van der Waals surface area contributed by atoms with Gasteiger partial charge >= 0.3 is 0 Å². The molecular weight excluding hydrogens is 364 g/mol. The third kappa shape index (κ3) is 4.43.